The molecule has 0 amide bonds. The van der Waals surface area contributed by atoms with Crippen LogP contribution in [0, 0.1) is 17.8 Å². The van der Waals surface area contributed by atoms with Crippen molar-refractivity contribution in [2.75, 3.05) is 6.61 Å². The Kier molecular flexibility index (Phi) is 18.0. The molecule has 0 spiro atoms. The fourth-order valence-corrected chi connectivity index (χ4v) is 3.66. The number of hydrogen-bond donors (Lipinski definition) is 0. The predicted octanol–water partition coefficient (Wildman–Crippen LogP) is 7.48. The molecular weight excluding hydrogens is 376 g/mol. The Balaban J connectivity index is 4.24. The van der Waals surface area contributed by atoms with E-state index in [1.54, 1.807) is 0 Å². The van der Waals surface area contributed by atoms with Crippen molar-refractivity contribution in [1.29, 1.82) is 0 Å². The molecule has 178 valence electrons. The van der Waals surface area contributed by atoms with Gasteiger partial charge in [-0.1, -0.05) is 86.5 Å². The Bertz CT molecular complexity index is 431. The molecule has 0 aliphatic rings. The number of carbonyl (C=O) groups is 2. The molecule has 2 unspecified atom stereocenters. The lowest BCUT2D eigenvalue weighted by atomic mass is 9.96. The Morgan fingerprint density at radius 1 is 0.700 bits per heavy atom. The Labute approximate surface area is 186 Å². The molecule has 0 aromatic carbocycles. The van der Waals surface area contributed by atoms with Crippen molar-refractivity contribution < 1.29 is 19.1 Å². The van der Waals surface area contributed by atoms with E-state index in [0.29, 0.717) is 19.4 Å². The van der Waals surface area contributed by atoms with Crippen LogP contribution in [0.25, 0.3) is 0 Å². The summed E-state index contributed by atoms with van der Waals surface area (Å²) in [6.45, 7) is 13.4. The molecule has 0 radical (unpaired) electrons. The quantitative estimate of drug-likeness (QED) is 0.159. The van der Waals surface area contributed by atoms with Crippen molar-refractivity contribution in [3.8, 4) is 0 Å². The molecular formula is C26H50O4. The van der Waals surface area contributed by atoms with Crippen molar-refractivity contribution in [2.45, 2.75) is 131 Å². The van der Waals surface area contributed by atoms with Crippen LogP contribution in [-0.4, -0.2) is 24.6 Å². The van der Waals surface area contributed by atoms with E-state index < -0.39 is 0 Å². The van der Waals surface area contributed by atoms with Crippen LogP contribution in [0.1, 0.15) is 125 Å². The second-order valence-corrected chi connectivity index (χ2v) is 9.65. The average molecular weight is 427 g/mol. The largest absolute Gasteiger partial charge is 0.465 e. The summed E-state index contributed by atoms with van der Waals surface area (Å²) in [7, 11) is 0. The molecule has 0 heterocycles. The van der Waals surface area contributed by atoms with Crippen LogP contribution in [0.4, 0.5) is 0 Å². The summed E-state index contributed by atoms with van der Waals surface area (Å²) in [4.78, 5) is 24.4. The summed E-state index contributed by atoms with van der Waals surface area (Å²) in [6, 6.07) is 0. The van der Waals surface area contributed by atoms with E-state index >= 15 is 0 Å². The molecule has 0 N–H and O–H groups in total. The molecule has 0 aromatic rings. The minimum Gasteiger partial charge on any atom is -0.465 e. The van der Waals surface area contributed by atoms with Gasteiger partial charge in [-0.2, -0.15) is 0 Å². The third-order valence-corrected chi connectivity index (χ3v) is 5.69. The minimum absolute atomic E-state index is 0.0831. The van der Waals surface area contributed by atoms with Gasteiger partial charge in [-0.25, -0.2) is 0 Å². The molecule has 0 rings (SSSR count). The van der Waals surface area contributed by atoms with Crippen LogP contribution in [-0.2, 0) is 19.1 Å². The van der Waals surface area contributed by atoms with Crippen LogP contribution >= 0.6 is 0 Å². The first kappa shape index (κ1) is 28.9. The number of rotatable bonds is 19. The topological polar surface area (TPSA) is 52.6 Å². The van der Waals surface area contributed by atoms with E-state index in [0.717, 1.165) is 56.8 Å². The highest BCUT2D eigenvalue weighted by Gasteiger charge is 2.24. The average Bonchev–Trinajstić information content (AvgIpc) is 2.67. The summed E-state index contributed by atoms with van der Waals surface area (Å²) in [5, 5.41) is 0. The van der Waals surface area contributed by atoms with Gasteiger partial charge in [0.25, 0.3) is 0 Å². The molecule has 0 saturated heterocycles. The van der Waals surface area contributed by atoms with Crippen LogP contribution in [0.5, 0.6) is 0 Å². The SMILES string of the molecule is CCCC(OC(=O)CCCCCC(C)C)C(CC)COC(=O)CCCCCC(C)C. The maximum atomic E-state index is 12.3. The zero-order chi connectivity index (χ0) is 22.8. The lowest BCUT2D eigenvalue weighted by Crippen LogP contribution is -2.30. The summed E-state index contributed by atoms with van der Waals surface area (Å²) >= 11 is 0. The van der Waals surface area contributed by atoms with Gasteiger partial charge in [-0.15, -0.1) is 0 Å². The zero-order valence-corrected chi connectivity index (χ0v) is 20.8. The number of ether oxygens (including phenoxy) is 2. The Morgan fingerprint density at radius 3 is 1.70 bits per heavy atom. The second-order valence-electron chi connectivity index (χ2n) is 9.65. The van der Waals surface area contributed by atoms with Gasteiger partial charge in [-0.05, 0) is 37.5 Å². The first-order chi connectivity index (χ1) is 14.3. The van der Waals surface area contributed by atoms with Gasteiger partial charge in [0, 0.05) is 18.8 Å². The van der Waals surface area contributed by atoms with Crippen molar-refractivity contribution in [1.82, 2.24) is 0 Å². The highest BCUT2D eigenvalue weighted by atomic mass is 16.6. The van der Waals surface area contributed by atoms with Crippen molar-refractivity contribution in [2.24, 2.45) is 17.8 Å². The fourth-order valence-electron chi connectivity index (χ4n) is 3.66. The maximum absolute atomic E-state index is 12.3. The smallest absolute Gasteiger partial charge is 0.306 e. The molecule has 2 atom stereocenters. The molecule has 0 bridgehead atoms. The maximum Gasteiger partial charge on any atom is 0.306 e. The standard InChI is InChI=1S/C26H50O4/c1-7-15-24(30-26(28)19-14-10-12-17-22(5)6)23(8-2)20-29-25(27)18-13-9-11-16-21(3)4/h21-24H,7-20H2,1-6H3. The first-order valence-electron chi connectivity index (χ1n) is 12.6. The highest BCUT2D eigenvalue weighted by Crippen LogP contribution is 2.20. The van der Waals surface area contributed by atoms with E-state index in [4.69, 9.17) is 9.47 Å². The number of hydrogen-bond acceptors (Lipinski definition) is 4. The van der Waals surface area contributed by atoms with Crippen molar-refractivity contribution >= 4 is 11.9 Å². The normalized spacial score (nSPS) is 13.5. The number of carbonyl (C=O) groups excluding carboxylic acids is 2. The Hall–Kier alpha value is -1.06. The van der Waals surface area contributed by atoms with Crippen LogP contribution < -0.4 is 0 Å². The molecule has 4 nitrogen and oxygen atoms in total. The zero-order valence-electron chi connectivity index (χ0n) is 20.8. The van der Waals surface area contributed by atoms with E-state index in [1.807, 2.05) is 0 Å². The van der Waals surface area contributed by atoms with Gasteiger partial charge < -0.3 is 9.47 Å². The van der Waals surface area contributed by atoms with Gasteiger partial charge in [0.15, 0.2) is 0 Å². The van der Waals surface area contributed by atoms with Crippen molar-refractivity contribution in [3.63, 3.8) is 0 Å². The van der Waals surface area contributed by atoms with Crippen LogP contribution in [0.2, 0.25) is 0 Å². The molecule has 0 aliphatic heterocycles. The molecule has 0 aromatic heterocycles. The Morgan fingerprint density at radius 2 is 1.23 bits per heavy atom. The van der Waals surface area contributed by atoms with E-state index in [9.17, 15) is 9.59 Å². The molecule has 0 aliphatic carbocycles. The molecule has 0 fully saturated rings. The van der Waals surface area contributed by atoms with Gasteiger partial charge in [0.1, 0.15) is 6.10 Å². The summed E-state index contributed by atoms with van der Waals surface area (Å²) in [5.41, 5.74) is 0. The molecule has 4 heteroatoms. The van der Waals surface area contributed by atoms with Crippen molar-refractivity contribution in [3.05, 3.63) is 0 Å². The van der Waals surface area contributed by atoms with Gasteiger partial charge in [0.2, 0.25) is 0 Å². The fraction of sp³-hybridized carbons (Fsp3) is 0.923. The third kappa shape index (κ3) is 16.7. The predicted molar refractivity (Wildman–Crippen MR) is 125 cm³/mol. The summed E-state index contributed by atoms with van der Waals surface area (Å²) in [6.07, 6.45) is 12.2. The second kappa shape index (κ2) is 18.7. The van der Waals surface area contributed by atoms with E-state index in [2.05, 4.69) is 41.5 Å². The first-order valence-corrected chi connectivity index (χ1v) is 12.6. The number of unbranched alkanes of at least 4 members (excludes halogenated alkanes) is 4. The van der Waals surface area contributed by atoms with Gasteiger partial charge >= 0.3 is 11.9 Å². The summed E-state index contributed by atoms with van der Waals surface area (Å²) < 4.78 is 11.3. The lowest BCUT2D eigenvalue weighted by Gasteiger charge is -2.26. The van der Waals surface area contributed by atoms with E-state index in [1.165, 1.54) is 25.7 Å². The molecule has 0 saturated carbocycles. The number of esters is 2. The minimum atomic E-state index is -0.151. The van der Waals surface area contributed by atoms with Gasteiger partial charge in [-0.3, -0.25) is 9.59 Å². The molecule has 30 heavy (non-hydrogen) atoms. The van der Waals surface area contributed by atoms with E-state index in [-0.39, 0.29) is 24.0 Å². The third-order valence-electron chi connectivity index (χ3n) is 5.69. The van der Waals surface area contributed by atoms with Crippen LogP contribution in [0.15, 0.2) is 0 Å². The highest BCUT2D eigenvalue weighted by molar-refractivity contribution is 5.70. The van der Waals surface area contributed by atoms with Crippen LogP contribution in [0.3, 0.4) is 0 Å². The summed E-state index contributed by atoms with van der Waals surface area (Å²) in [5.74, 6) is 1.30. The monoisotopic (exact) mass is 426 g/mol. The lowest BCUT2D eigenvalue weighted by molar-refractivity contribution is -0.156. The van der Waals surface area contributed by atoms with Gasteiger partial charge in [0.05, 0.1) is 6.61 Å².